The van der Waals surface area contributed by atoms with E-state index in [1.165, 1.54) is 27.9 Å². The fourth-order valence-electron chi connectivity index (χ4n) is 2.93. The molecule has 0 amide bonds. The number of esters is 4. The molecule has 172 valence electrons. The van der Waals surface area contributed by atoms with Crippen molar-refractivity contribution in [3.63, 3.8) is 0 Å². The van der Waals surface area contributed by atoms with Gasteiger partial charge in [0, 0.05) is 33.8 Å². The van der Waals surface area contributed by atoms with Gasteiger partial charge in [0.05, 0.1) is 13.2 Å². The van der Waals surface area contributed by atoms with Crippen molar-refractivity contribution in [1.29, 1.82) is 0 Å². The van der Waals surface area contributed by atoms with Gasteiger partial charge in [-0.25, -0.2) is 0 Å². The maximum absolute atomic E-state index is 11.6. The highest BCUT2D eigenvalue weighted by atomic mass is 16.7. The van der Waals surface area contributed by atoms with Gasteiger partial charge in [-0.2, -0.15) is 0 Å². The number of carbonyl (C=O) groups is 4. The van der Waals surface area contributed by atoms with Crippen LogP contribution in [0.25, 0.3) is 0 Å². The Morgan fingerprint density at radius 2 is 1.53 bits per heavy atom. The van der Waals surface area contributed by atoms with Crippen LogP contribution in [-0.4, -0.2) is 74.8 Å². The fraction of sp³-hybridized carbons (Fsp3) is 0.789. The third-order valence-electron chi connectivity index (χ3n) is 4.28. The smallest absolute Gasteiger partial charge is 0.305 e. The quantitative estimate of drug-likeness (QED) is 0.271. The van der Waals surface area contributed by atoms with E-state index < -0.39 is 48.6 Å². The van der Waals surface area contributed by atoms with Crippen molar-refractivity contribution < 1.29 is 47.6 Å². The number of nitrogens with two attached hydrogens (primary N) is 1. The summed E-state index contributed by atoms with van der Waals surface area (Å²) in [6.45, 7) is 3.64. The molecular formula is C19H31NO10. The summed E-state index contributed by atoms with van der Waals surface area (Å²) in [7, 11) is 1.34. The molecule has 11 heteroatoms. The van der Waals surface area contributed by atoms with Gasteiger partial charge in [0.15, 0.2) is 18.5 Å². The van der Waals surface area contributed by atoms with E-state index in [9.17, 15) is 19.2 Å². The van der Waals surface area contributed by atoms with Crippen molar-refractivity contribution in [2.45, 2.75) is 77.1 Å². The highest BCUT2D eigenvalue weighted by Gasteiger charge is 2.49. The normalized spacial score (nSPS) is 25.8. The SMILES string of the molecule is COC(=O)CCCCCOC1OC(COC(C)=O)C(OC(C)=O)C(OC(C)=O)C1N. The van der Waals surface area contributed by atoms with Crippen molar-refractivity contribution in [1.82, 2.24) is 0 Å². The molecule has 5 unspecified atom stereocenters. The monoisotopic (exact) mass is 433 g/mol. The Morgan fingerprint density at radius 3 is 2.10 bits per heavy atom. The molecule has 30 heavy (non-hydrogen) atoms. The zero-order chi connectivity index (χ0) is 22.7. The molecule has 0 radical (unpaired) electrons. The van der Waals surface area contributed by atoms with E-state index in [0.29, 0.717) is 19.3 Å². The van der Waals surface area contributed by atoms with E-state index in [-0.39, 0.29) is 19.2 Å². The highest BCUT2D eigenvalue weighted by molar-refractivity contribution is 5.69. The van der Waals surface area contributed by atoms with Gasteiger partial charge in [0.1, 0.15) is 12.7 Å². The topological polar surface area (TPSA) is 150 Å². The summed E-state index contributed by atoms with van der Waals surface area (Å²) in [4.78, 5) is 45.4. The van der Waals surface area contributed by atoms with Gasteiger partial charge in [-0.3, -0.25) is 19.2 Å². The second kappa shape index (κ2) is 13.1. The predicted octanol–water partition coefficient (Wildman–Crippen LogP) is 0.215. The van der Waals surface area contributed by atoms with Crippen LogP contribution in [0.4, 0.5) is 0 Å². The van der Waals surface area contributed by atoms with Crippen LogP contribution in [0.3, 0.4) is 0 Å². The number of hydrogen-bond donors (Lipinski definition) is 1. The zero-order valence-electron chi connectivity index (χ0n) is 17.8. The maximum atomic E-state index is 11.6. The first-order valence-corrected chi connectivity index (χ1v) is 9.73. The molecule has 0 spiro atoms. The molecule has 5 atom stereocenters. The van der Waals surface area contributed by atoms with Crippen LogP contribution in [0.5, 0.6) is 0 Å². The molecule has 0 bridgehead atoms. The molecule has 0 aromatic heterocycles. The predicted molar refractivity (Wildman–Crippen MR) is 101 cm³/mol. The summed E-state index contributed by atoms with van der Waals surface area (Å²) in [5.74, 6) is -2.09. The average Bonchev–Trinajstić information content (AvgIpc) is 2.66. The van der Waals surface area contributed by atoms with Crippen LogP contribution in [0.2, 0.25) is 0 Å². The summed E-state index contributed by atoms with van der Waals surface area (Å²) >= 11 is 0. The molecule has 0 aromatic carbocycles. The summed E-state index contributed by atoms with van der Waals surface area (Å²) in [5.41, 5.74) is 6.17. The van der Waals surface area contributed by atoms with Crippen LogP contribution in [0, 0.1) is 0 Å². The maximum Gasteiger partial charge on any atom is 0.305 e. The van der Waals surface area contributed by atoms with Gasteiger partial charge in [-0.15, -0.1) is 0 Å². The van der Waals surface area contributed by atoms with Gasteiger partial charge in [0.2, 0.25) is 0 Å². The summed E-state index contributed by atoms with van der Waals surface area (Å²) in [6.07, 6.45) is -1.73. The Morgan fingerprint density at radius 1 is 0.900 bits per heavy atom. The van der Waals surface area contributed by atoms with Crippen LogP contribution in [0.1, 0.15) is 46.5 Å². The number of ether oxygens (including phenoxy) is 6. The molecule has 0 saturated carbocycles. The van der Waals surface area contributed by atoms with Gasteiger partial charge in [-0.05, 0) is 12.8 Å². The van der Waals surface area contributed by atoms with Gasteiger partial charge in [0.25, 0.3) is 0 Å². The molecule has 11 nitrogen and oxygen atoms in total. The lowest BCUT2D eigenvalue weighted by Gasteiger charge is -2.43. The Bertz CT molecular complexity index is 596. The van der Waals surface area contributed by atoms with Crippen LogP contribution >= 0.6 is 0 Å². The molecule has 1 aliphatic heterocycles. The number of carbonyl (C=O) groups excluding carboxylic acids is 4. The number of unbranched alkanes of at least 4 members (excludes halogenated alkanes) is 2. The minimum Gasteiger partial charge on any atom is -0.469 e. The Balaban J connectivity index is 2.76. The first-order valence-electron chi connectivity index (χ1n) is 9.73. The van der Waals surface area contributed by atoms with E-state index in [0.717, 1.165) is 6.42 Å². The Labute approximate surface area is 175 Å². The van der Waals surface area contributed by atoms with Gasteiger partial charge >= 0.3 is 23.9 Å². The summed E-state index contributed by atoms with van der Waals surface area (Å²) in [6, 6.07) is -0.943. The van der Waals surface area contributed by atoms with Crippen molar-refractivity contribution in [2.24, 2.45) is 5.73 Å². The van der Waals surface area contributed by atoms with Crippen molar-refractivity contribution in [3.05, 3.63) is 0 Å². The molecule has 1 saturated heterocycles. The number of rotatable bonds is 11. The van der Waals surface area contributed by atoms with E-state index in [1.807, 2.05) is 0 Å². The number of hydrogen-bond acceptors (Lipinski definition) is 11. The van der Waals surface area contributed by atoms with Crippen molar-refractivity contribution >= 4 is 23.9 Å². The Hall–Kier alpha value is -2.24. The molecule has 2 N–H and O–H groups in total. The molecular weight excluding hydrogens is 402 g/mol. The fourth-order valence-corrected chi connectivity index (χ4v) is 2.93. The van der Waals surface area contributed by atoms with E-state index in [1.54, 1.807) is 0 Å². The van der Waals surface area contributed by atoms with Gasteiger partial charge < -0.3 is 34.2 Å². The van der Waals surface area contributed by atoms with Gasteiger partial charge in [-0.1, -0.05) is 6.42 Å². The lowest BCUT2D eigenvalue weighted by Crippen LogP contribution is -2.64. The Kier molecular flexibility index (Phi) is 11.3. The standard InChI is InChI=1S/C19H31NO10/c1-11(21)27-10-14-17(28-12(2)22)18(29-13(3)23)16(20)19(30-14)26-9-7-5-6-8-15(24)25-4/h14,16-19H,5-10,20H2,1-4H3. The first kappa shape index (κ1) is 25.8. The summed E-state index contributed by atoms with van der Waals surface area (Å²) < 4.78 is 31.6. The van der Waals surface area contributed by atoms with Crippen LogP contribution < -0.4 is 5.73 Å². The van der Waals surface area contributed by atoms with Crippen molar-refractivity contribution in [2.75, 3.05) is 20.3 Å². The zero-order valence-corrected chi connectivity index (χ0v) is 17.8. The second-order valence-electron chi connectivity index (χ2n) is 6.83. The number of methoxy groups -OCH3 is 1. The molecule has 1 heterocycles. The lowest BCUT2D eigenvalue weighted by atomic mass is 9.97. The van der Waals surface area contributed by atoms with Crippen LogP contribution in [0.15, 0.2) is 0 Å². The van der Waals surface area contributed by atoms with E-state index in [4.69, 9.17) is 29.4 Å². The molecule has 1 rings (SSSR count). The first-order chi connectivity index (χ1) is 14.1. The molecule has 1 aliphatic rings. The third kappa shape index (κ3) is 9.06. The van der Waals surface area contributed by atoms with E-state index in [2.05, 4.69) is 4.74 Å². The minimum atomic E-state index is -1.07. The minimum absolute atomic E-state index is 0.239. The van der Waals surface area contributed by atoms with Crippen molar-refractivity contribution in [3.8, 4) is 0 Å². The molecule has 1 fully saturated rings. The largest absolute Gasteiger partial charge is 0.469 e. The lowest BCUT2D eigenvalue weighted by molar-refractivity contribution is -0.274. The average molecular weight is 433 g/mol. The third-order valence-corrected chi connectivity index (χ3v) is 4.28. The highest BCUT2D eigenvalue weighted by Crippen LogP contribution is 2.26. The molecule has 0 aliphatic carbocycles. The van der Waals surface area contributed by atoms with Crippen LogP contribution in [-0.2, 0) is 47.6 Å². The summed E-state index contributed by atoms with van der Waals surface area (Å²) in [5, 5.41) is 0. The molecule has 0 aromatic rings. The van der Waals surface area contributed by atoms with E-state index >= 15 is 0 Å². The second-order valence-corrected chi connectivity index (χ2v) is 6.83.